The van der Waals surface area contributed by atoms with E-state index in [0.29, 0.717) is 29.6 Å². The quantitative estimate of drug-likeness (QED) is 0.541. The highest BCUT2D eigenvalue weighted by molar-refractivity contribution is 9.10. The molecule has 1 aromatic heterocycles. The molecule has 2 N–H and O–H groups in total. The Kier molecular flexibility index (Phi) is 4.40. The van der Waals surface area contributed by atoms with Crippen LogP contribution in [0.3, 0.4) is 0 Å². The van der Waals surface area contributed by atoms with Crippen LogP contribution >= 0.6 is 27.3 Å². The van der Waals surface area contributed by atoms with Crippen molar-refractivity contribution in [1.29, 1.82) is 5.26 Å². The van der Waals surface area contributed by atoms with Crippen molar-refractivity contribution in [2.45, 2.75) is 43.9 Å². The molecule has 1 atom stereocenters. The standard InChI is InChI=1S/C26H22BrN5OS/c27-15-4-1-3-14(11-15)19-16(12-28)24-30-23(29)22-20-13-7-9-31(10-8-13)25(20)34-26(22)32(24)17-5-2-6-18(33)21(17)19/h1,3-4,11,13,19H,2,5-10H2,(H2,29,30)/t19-/m0/s1. The van der Waals surface area contributed by atoms with E-state index < -0.39 is 5.92 Å². The first kappa shape index (κ1) is 20.5. The second-order valence-corrected chi connectivity index (χ2v) is 11.5. The predicted octanol–water partition coefficient (Wildman–Crippen LogP) is 5.27. The van der Waals surface area contributed by atoms with Crippen LogP contribution in [0.1, 0.15) is 60.6 Å². The predicted molar refractivity (Wildman–Crippen MR) is 137 cm³/mol. The fourth-order valence-corrected chi connectivity index (χ4v) is 8.27. The van der Waals surface area contributed by atoms with Gasteiger partial charge in [0.05, 0.1) is 28.1 Å². The van der Waals surface area contributed by atoms with Crippen molar-refractivity contribution in [3.05, 3.63) is 68.1 Å². The number of nitrogens with zero attached hydrogens (tertiary/aromatic N) is 4. The van der Waals surface area contributed by atoms with Crippen LogP contribution in [0.25, 0.3) is 0 Å². The number of fused-ring (bicyclic) bond motifs is 6. The molecule has 8 rings (SSSR count). The van der Waals surface area contributed by atoms with E-state index in [0.717, 1.165) is 70.6 Å². The van der Waals surface area contributed by atoms with Crippen molar-refractivity contribution in [3.8, 4) is 6.07 Å². The molecule has 5 aliphatic heterocycles. The van der Waals surface area contributed by atoms with Gasteiger partial charge in [-0.05, 0) is 49.3 Å². The molecular weight excluding hydrogens is 510 g/mol. The SMILES string of the molecule is N#CC1=C2N=C(N)c3c(sc4c3C3CCN4CC3)N2C2=C(C(=O)CCC2)[C@H]1c1cccc(Br)c1. The molecule has 170 valence electrons. The van der Waals surface area contributed by atoms with Crippen molar-refractivity contribution in [2.75, 3.05) is 22.9 Å². The van der Waals surface area contributed by atoms with Gasteiger partial charge in [-0.15, -0.1) is 0 Å². The third-order valence-corrected chi connectivity index (χ3v) is 9.56. The van der Waals surface area contributed by atoms with Crippen LogP contribution in [0.4, 0.5) is 10.0 Å². The Hall–Kier alpha value is -2.89. The molecule has 6 heterocycles. The second-order valence-electron chi connectivity index (χ2n) is 9.57. The number of hydrogen-bond acceptors (Lipinski definition) is 7. The van der Waals surface area contributed by atoms with Crippen LogP contribution < -0.4 is 15.5 Å². The number of carbonyl (C=O) groups is 1. The van der Waals surface area contributed by atoms with E-state index in [1.165, 1.54) is 10.6 Å². The summed E-state index contributed by atoms with van der Waals surface area (Å²) < 4.78 is 0.921. The Morgan fingerprint density at radius 2 is 2.03 bits per heavy atom. The first-order valence-corrected chi connectivity index (χ1v) is 13.4. The van der Waals surface area contributed by atoms with Crippen molar-refractivity contribution in [3.63, 3.8) is 0 Å². The second kappa shape index (κ2) is 7.30. The first-order valence-electron chi connectivity index (χ1n) is 11.8. The average Bonchev–Trinajstić information content (AvgIpc) is 3.27. The molecule has 0 amide bonds. The van der Waals surface area contributed by atoms with Gasteiger partial charge in [-0.3, -0.25) is 9.69 Å². The topological polar surface area (TPSA) is 85.7 Å². The van der Waals surface area contributed by atoms with Crippen molar-refractivity contribution >= 4 is 48.9 Å². The Balaban J connectivity index is 1.52. The van der Waals surface area contributed by atoms with Crippen molar-refractivity contribution in [2.24, 2.45) is 10.7 Å². The number of amidine groups is 1. The monoisotopic (exact) mass is 531 g/mol. The number of aliphatic imine (C=N–C) groups is 1. The molecule has 0 saturated carbocycles. The molecular formula is C26H22BrN5OS. The Bertz CT molecular complexity index is 1420. The highest BCUT2D eigenvalue weighted by Gasteiger charge is 2.46. The largest absolute Gasteiger partial charge is 0.383 e. The molecule has 1 aliphatic carbocycles. The Morgan fingerprint density at radius 1 is 1.21 bits per heavy atom. The molecule has 34 heavy (non-hydrogen) atoms. The van der Waals surface area contributed by atoms with Crippen molar-refractivity contribution in [1.82, 2.24) is 0 Å². The number of benzene rings is 1. The molecule has 0 spiro atoms. The minimum absolute atomic E-state index is 0.132. The number of anilines is 2. The summed E-state index contributed by atoms with van der Waals surface area (Å²) in [4.78, 5) is 22.9. The van der Waals surface area contributed by atoms with E-state index >= 15 is 0 Å². The van der Waals surface area contributed by atoms with Gasteiger partial charge in [-0.2, -0.15) is 5.26 Å². The first-order chi connectivity index (χ1) is 16.6. The maximum Gasteiger partial charge on any atom is 0.161 e. The smallest absolute Gasteiger partial charge is 0.161 e. The zero-order valence-electron chi connectivity index (χ0n) is 18.5. The lowest BCUT2D eigenvalue weighted by atomic mass is 9.75. The maximum atomic E-state index is 13.4. The van der Waals surface area contributed by atoms with Crippen molar-refractivity contribution < 1.29 is 4.79 Å². The number of carbonyl (C=O) groups excluding carboxylic acids is 1. The summed E-state index contributed by atoms with van der Waals surface area (Å²) in [6.07, 6.45) is 4.40. The summed E-state index contributed by atoms with van der Waals surface area (Å²) in [6.45, 7) is 2.16. The number of nitriles is 1. The van der Waals surface area contributed by atoms with Gasteiger partial charge < -0.3 is 10.6 Å². The fourth-order valence-electron chi connectivity index (χ4n) is 6.37. The van der Waals surface area contributed by atoms with Crippen LogP contribution in [0.15, 0.2) is 56.4 Å². The molecule has 1 fully saturated rings. The number of allylic oxidation sites excluding steroid dienone is 3. The van der Waals surface area contributed by atoms with Gasteiger partial charge in [0.25, 0.3) is 0 Å². The molecule has 6 aliphatic rings. The van der Waals surface area contributed by atoms with Gasteiger partial charge in [0.15, 0.2) is 11.6 Å². The molecule has 0 unspecified atom stereocenters. The maximum absolute atomic E-state index is 13.4. The van der Waals surface area contributed by atoms with E-state index in [-0.39, 0.29) is 5.78 Å². The van der Waals surface area contributed by atoms with Crippen LogP contribution in [-0.2, 0) is 4.79 Å². The lowest BCUT2D eigenvalue weighted by molar-refractivity contribution is -0.116. The number of thiophene rings is 1. The molecule has 1 aromatic carbocycles. The molecule has 8 heteroatoms. The molecule has 1 saturated heterocycles. The number of hydrogen-bond donors (Lipinski definition) is 1. The van der Waals surface area contributed by atoms with E-state index in [9.17, 15) is 10.1 Å². The van der Waals surface area contributed by atoms with E-state index in [1.54, 1.807) is 11.3 Å². The van der Waals surface area contributed by atoms with E-state index in [1.807, 2.05) is 24.3 Å². The zero-order chi connectivity index (χ0) is 23.1. The van der Waals surface area contributed by atoms with E-state index in [4.69, 9.17) is 10.7 Å². The average molecular weight is 532 g/mol. The van der Waals surface area contributed by atoms with Gasteiger partial charge in [0, 0.05) is 40.8 Å². The van der Waals surface area contributed by atoms with Gasteiger partial charge in [-0.1, -0.05) is 39.4 Å². The Labute approximate surface area is 210 Å². The Morgan fingerprint density at radius 3 is 2.79 bits per heavy atom. The van der Waals surface area contributed by atoms with Crippen LogP contribution in [0.2, 0.25) is 0 Å². The van der Waals surface area contributed by atoms with Crippen LogP contribution in [0, 0.1) is 11.3 Å². The van der Waals surface area contributed by atoms with Gasteiger partial charge in [0.2, 0.25) is 0 Å². The summed E-state index contributed by atoms with van der Waals surface area (Å²) in [5.74, 6) is 1.30. The fraction of sp³-hybridized carbons (Fsp3) is 0.346. The number of Topliss-reactive ketones (excluding diaryl/α,β-unsaturated/α-hetero) is 1. The minimum atomic E-state index is -0.427. The van der Waals surface area contributed by atoms with Gasteiger partial charge in [0.1, 0.15) is 10.8 Å². The number of nitrogens with two attached hydrogens (primary N) is 1. The zero-order valence-corrected chi connectivity index (χ0v) is 20.9. The van der Waals surface area contributed by atoms with Crippen LogP contribution in [-0.4, -0.2) is 24.7 Å². The molecule has 2 bridgehead atoms. The number of ketones is 1. The van der Waals surface area contributed by atoms with E-state index in [2.05, 4.69) is 31.8 Å². The summed E-state index contributed by atoms with van der Waals surface area (Å²) in [5.41, 5.74) is 12.2. The third-order valence-electron chi connectivity index (χ3n) is 7.81. The lowest BCUT2D eigenvalue weighted by Gasteiger charge is -2.41. The number of halogens is 1. The minimum Gasteiger partial charge on any atom is -0.383 e. The summed E-state index contributed by atoms with van der Waals surface area (Å²) >= 11 is 5.32. The highest BCUT2D eigenvalue weighted by atomic mass is 79.9. The normalized spacial score (nSPS) is 23.4. The van der Waals surface area contributed by atoms with Gasteiger partial charge in [-0.25, -0.2) is 4.99 Å². The molecule has 6 nitrogen and oxygen atoms in total. The van der Waals surface area contributed by atoms with Gasteiger partial charge >= 0.3 is 0 Å². The molecule has 0 radical (unpaired) electrons. The lowest BCUT2D eigenvalue weighted by Crippen LogP contribution is -2.40. The number of rotatable bonds is 1. The highest BCUT2D eigenvalue weighted by Crippen LogP contribution is 2.57. The third kappa shape index (κ3) is 2.65. The summed E-state index contributed by atoms with van der Waals surface area (Å²) in [5, 5.41) is 12.7. The number of piperidine rings is 1. The molecule has 2 aromatic rings. The summed E-state index contributed by atoms with van der Waals surface area (Å²) in [7, 11) is 0. The summed E-state index contributed by atoms with van der Waals surface area (Å²) in [6, 6.07) is 10.3. The van der Waals surface area contributed by atoms with Crippen LogP contribution in [0.5, 0.6) is 0 Å².